The molecular formula is C15H26N4O4. The Labute approximate surface area is 136 Å². The van der Waals surface area contributed by atoms with E-state index >= 15 is 0 Å². The average Bonchev–Trinajstić information content (AvgIpc) is 2.78. The largest absolute Gasteiger partial charge is 0.444 e. The van der Waals surface area contributed by atoms with Gasteiger partial charge in [-0.2, -0.15) is 0 Å². The average molecular weight is 326 g/mol. The monoisotopic (exact) mass is 326 g/mol. The minimum Gasteiger partial charge on any atom is -0.444 e. The number of rotatable bonds is 4. The highest BCUT2D eigenvalue weighted by Crippen LogP contribution is 2.12. The number of hydrogen-bond acceptors (Lipinski definition) is 6. The van der Waals surface area contributed by atoms with Crippen LogP contribution in [0.4, 0.5) is 15.5 Å². The van der Waals surface area contributed by atoms with Crippen molar-refractivity contribution in [2.45, 2.75) is 52.7 Å². The minimum absolute atomic E-state index is 0.329. The summed E-state index contributed by atoms with van der Waals surface area (Å²) in [4.78, 5) is 27.6. The first kappa shape index (κ1) is 18.8. The van der Waals surface area contributed by atoms with Gasteiger partial charge in [-0.3, -0.25) is 0 Å². The van der Waals surface area contributed by atoms with Crippen LogP contribution in [-0.2, 0) is 9.47 Å². The zero-order chi connectivity index (χ0) is 17.7. The number of aromatic nitrogens is 2. The molecule has 0 fully saturated rings. The Morgan fingerprint density at radius 1 is 1.09 bits per heavy atom. The van der Waals surface area contributed by atoms with Crippen LogP contribution in [0.1, 0.15) is 41.5 Å². The zero-order valence-electron chi connectivity index (χ0n) is 14.6. The molecular weight excluding hydrogens is 300 g/mol. The van der Waals surface area contributed by atoms with E-state index < -0.39 is 23.4 Å². The molecule has 0 aromatic carbocycles. The Bertz CT molecular complexity index is 540. The van der Waals surface area contributed by atoms with Crippen molar-refractivity contribution < 1.29 is 19.1 Å². The summed E-state index contributed by atoms with van der Waals surface area (Å²) in [6, 6.07) is 0. The normalized spacial score (nSPS) is 11.7. The third-order valence-electron chi connectivity index (χ3n) is 2.31. The predicted molar refractivity (Wildman–Crippen MR) is 86.6 cm³/mol. The molecule has 2 N–H and O–H groups in total. The molecule has 1 aromatic rings. The van der Waals surface area contributed by atoms with Gasteiger partial charge in [0, 0.05) is 25.5 Å². The lowest BCUT2D eigenvalue weighted by molar-refractivity contribution is 0.0520. The van der Waals surface area contributed by atoms with E-state index in [4.69, 9.17) is 9.47 Å². The first-order chi connectivity index (χ1) is 10.5. The van der Waals surface area contributed by atoms with E-state index in [0.717, 1.165) is 0 Å². The lowest BCUT2D eigenvalue weighted by Crippen LogP contribution is -2.35. The van der Waals surface area contributed by atoms with Crippen LogP contribution >= 0.6 is 0 Å². The van der Waals surface area contributed by atoms with Crippen molar-refractivity contribution in [2.75, 3.05) is 18.4 Å². The first-order valence-corrected chi connectivity index (χ1v) is 7.45. The van der Waals surface area contributed by atoms with Gasteiger partial charge >= 0.3 is 12.2 Å². The highest BCUT2D eigenvalue weighted by Gasteiger charge is 2.20. The van der Waals surface area contributed by atoms with E-state index in [1.807, 2.05) is 0 Å². The molecule has 8 heteroatoms. The molecule has 0 unspecified atom stereocenters. The number of nitrogens with zero attached hydrogens (tertiary/aromatic N) is 2. The van der Waals surface area contributed by atoms with Gasteiger partial charge in [-0.05, 0) is 41.5 Å². The first-order valence-electron chi connectivity index (χ1n) is 7.45. The number of carbonyl (C=O) groups is 2. The van der Waals surface area contributed by atoms with Gasteiger partial charge in [0.05, 0.1) is 0 Å². The van der Waals surface area contributed by atoms with Crippen molar-refractivity contribution in [2.24, 2.45) is 0 Å². The van der Waals surface area contributed by atoms with E-state index in [-0.39, 0.29) is 0 Å². The summed E-state index contributed by atoms with van der Waals surface area (Å²) >= 11 is 0. The lowest BCUT2D eigenvalue weighted by atomic mass is 10.2. The topological polar surface area (TPSA) is 94.5 Å². The number of hydrogen-bond donors (Lipinski definition) is 2. The Kier molecular flexibility index (Phi) is 6.00. The molecule has 1 aromatic heterocycles. The van der Waals surface area contributed by atoms with Crippen molar-refractivity contribution >= 4 is 18.1 Å². The number of alkyl carbamates (subject to hydrolysis) is 1. The molecule has 1 amide bonds. The van der Waals surface area contributed by atoms with Gasteiger partial charge in [0.2, 0.25) is 5.95 Å². The molecule has 1 rings (SSSR count). The highest BCUT2D eigenvalue weighted by atomic mass is 16.6. The Morgan fingerprint density at radius 2 is 1.70 bits per heavy atom. The standard InChI is InChI=1S/C15H26N4O4/c1-14(2,3)22-12(20)18-8-7-16-11-17-9-10-19(11)13(21)23-15(4,5)6/h9-10H,7-8H2,1-6H3,(H,16,17)(H,18,20). The van der Waals surface area contributed by atoms with Gasteiger partial charge in [0.15, 0.2) is 0 Å². The molecule has 0 saturated carbocycles. The van der Waals surface area contributed by atoms with Gasteiger partial charge < -0.3 is 20.1 Å². The number of anilines is 1. The van der Waals surface area contributed by atoms with Crippen LogP contribution < -0.4 is 10.6 Å². The summed E-state index contributed by atoms with van der Waals surface area (Å²) in [5, 5.41) is 5.57. The fourth-order valence-corrected chi connectivity index (χ4v) is 1.55. The Morgan fingerprint density at radius 3 is 2.26 bits per heavy atom. The summed E-state index contributed by atoms with van der Waals surface area (Å²) in [6.07, 6.45) is 2.00. The Balaban J connectivity index is 2.44. The van der Waals surface area contributed by atoms with Crippen LogP contribution in [0.2, 0.25) is 0 Å². The predicted octanol–water partition coefficient (Wildman–Crippen LogP) is 2.60. The second-order valence-electron chi connectivity index (χ2n) is 6.96. The van der Waals surface area contributed by atoms with E-state index in [9.17, 15) is 9.59 Å². The van der Waals surface area contributed by atoms with Gasteiger partial charge in [-0.25, -0.2) is 19.1 Å². The van der Waals surface area contributed by atoms with Gasteiger partial charge in [-0.15, -0.1) is 0 Å². The second kappa shape index (κ2) is 7.34. The molecule has 0 spiro atoms. The SMILES string of the molecule is CC(C)(C)OC(=O)NCCNc1nccn1C(=O)OC(C)(C)C. The number of imidazole rings is 1. The van der Waals surface area contributed by atoms with Crippen molar-refractivity contribution in [3.05, 3.63) is 12.4 Å². The van der Waals surface area contributed by atoms with E-state index in [0.29, 0.717) is 19.0 Å². The maximum Gasteiger partial charge on any atom is 0.421 e. The molecule has 0 bridgehead atoms. The van der Waals surface area contributed by atoms with Crippen molar-refractivity contribution in [1.82, 2.24) is 14.9 Å². The highest BCUT2D eigenvalue weighted by molar-refractivity contribution is 5.74. The smallest absolute Gasteiger partial charge is 0.421 e. The Hall–Kier alpha value is -2.25. The molecule has 0 radical (unpaired) electrons. The molecule has 0 aliphatic heterocycles. The second-order valence-corrected chi connectivity index (χ2v) is 6.96. The third-order valence-corrected chi connectivity index (χ3v) is 2.31. The zero-order valence-corrected chi connectivity index (χ0v) is 14.6. The number of amides is 1. The summed E-state index contributed by atoms with van der Waals surface area (Å²) < 4.78 is 11.7. The molecule has 0 aliphatic carbocycles. The molecule has 1 heterocycles. The maximum atomic E-state index is 12.0. The van der Waals surface area contributed by atoms with Gasteiger partial charge in [0.25, 0.3) is 0 Å². The lowest BCUT2D eigenvalue weighted by Gasteiger charge is -2.20. The maximum absolute atomic E-state index is 12.0. The quantitative estimate of drug-likeness (QED) is 0.826. The molecule has 0 atom stereocenters. The van der Waals surface area contributed by atoms with Crippen LogP contribution in [0.5, 0.6) is 0 Å². The summed E-state index contributed by atoms with van der Waals surface area (Å²) in [5.41, 5.74) is -1.12. The van der Waals surface area contributed by atoms with E-state index in [2.05, 4.69) is 15.6 Å². The van der Waals surface area contributed by atoms with E-state index in [1.54, 1.807) is 41.5 Å². The van der Waals surface area contributed by atoms with Crippen LogP contribution in [0, 0.1) is 0 Å². The van der Waals surface area contributed by atoms with Crippen LogP contribution in [0.3, 0.4) is 0 Å². The molecule has 8 nitrogen and oxygen atoms in total. The number of ether oxygens (including phenoxy) is 2. The summed E-state index contributed by atoms with van der Waals surface area (Å²) in [7, 11) is 0. The van der Waals surface area contributed by atoms with Gasteiger partial charge in [0.1, 0.15) is 11.2 Å². The molecule has 0 aliphatic rings. The fraction of sp³-hybridized carbons (Fsp3) is 0.667. The van der Waals surface area contributed by atoms with Crippen LogP contribution in [0.25, 0.3) is 0 Å². The minimum atomic E-state index is -0.586. The summed E-state index contributed by atoms with van der Waals surface area (Å²) in [5.74, 6) is 0.352. The van der Waals surface area contributed by atoms with Crippen LogP contribution in [-0.4, -0.2) is 46.0 Å². The molecule has 130 valence electrons. The van der Waals surface area contributed by atoms with Gasteiger partial charge in [-0.1, -0.05) is 0 Å². The number of nitrogens with one attached hydrogen (secondary N) is 2. The van der Waals surface area contributed by atoms with Crippen LogP contribution in [0.15, 0.2) is 12.4 Å². The number of carbonyl (C=O) groups excluding carboxylic acids is 2. The van der Waals surface area contributed by atoms with Crippen molar-refractivity contribution in [3.8, 4) is 0 Å². The summed E-state index contributed by atoms with van der Waals surface area (Å²) in [6.45, 7) is 11.5. The fourth-order valence-electron chi connectivity index (χ4n) is 1.55. The van der Waals surface area contributed by atoms with Crippen molar-refractivity contribution in [1.29, 1.82) is 0 Å². The molecule has 23 heavy (non-hydrogen) atoms. The molecule has 0 saturated heterocycles. The third kappa shape index (κ3) is 7.53. The van der Waals surface area contributed by atoms with Crippen molar-refractivity contribution in [3.63, 3.8) is 0 Å². The van der Waals surface area contributed by atoms with E-state index in [1.165, 1.54) is 17.0 Å².